The first kappa shape index (κ1) is 23.8. The summed E-state index contributed by atoms with van der Waals surface area (Å²) >= 11 is 1.36. The first-order chi connectivity index (χ1) is 16.4. The summed E-state index contributed by atoms with van der Waals surface area (Å²) in [6, 6.07) is 15.3. The third kappa shape index (κ3) is 4.77. The van der Waals surface area contributed by atoms with Gasteiger partial charge in [-0.15, -0.1) is 0 Å². The van der Waals surface area contributed by atoms with Crippen molar-refractivity contribution in [3.8, 4) is 0 Å². The van der Waals surface area contributed by atoms with Gasteiger partial charge in [0, 0.05) is 24.9 Å². The molecular weight excluding hydrogens is 453 g/mol. The SMILES string of the molecule is CCOC(=O)C1=C(C)N=C2SC=C(CC(=O)N(C)Cc3ccccc3)N2[C@H]1c1ccccc1F. The summed E-state index contributed by atoms with van der Waals surface area (Å²) in [6.07, 6.45) is 0.0927. The molecule has 1 amide bonds. The maximum absolute atomic E-state index is 15.0. The number of carbonyl (C=O) groups is 2. The van der Waals surface area contributed by atoms with Gasteiger partial charge in [-0.1, -0.05) is 60.3 Å². The van der Waals surface area contributed by atoms with E-state index in [-0.39, 0.29) is 24.5 Å². The molecule has 2 aromatic rings. The molecule has 34 heavy (non-hydrogen) atoms. The molecule has 2 aliphatic rings. The van der Waals surface area contributed by atoms with Gasteiger partial charge >= 0.3 is 5.97 Å². The highest BCUT2D eigenvalue weighted by Crippen LogP contribution is 2.45. The number of esters is 1. The van der Waals surface area contributed by atoms with Crippen LogP contribution < -0.4 is 0 Å². The van der Waals surface area contributed by atoms with Crippen LogP contribution in [0.5, 0.6) is 0 Å². The Morgan fingerprint density at radius 1 is 1.15 bits per heavy atom. The van der Waals surface area contributed by atoms with Crippen LogP contribution in [-0.2, 0) is 20.9 Å². The molecule has 2 aliphatic heterocycles. The van der Waals surface area contributed by atoms with Crippen molar-refractivity contribution in [2.45, 2.75) is 32.9 Å². The van der Waals surface area contributed by atoms with E-state index in [1.54, 1.807) is 48.9 Å². The van der Waals surface area contributed by atoms with Crippen LogP contribution in [0.1, 0.15) is 37.4 Å². The van der Waals surface area contributed by atoms with Crippen molar-refractivity contribution in [1.29, 1.82) is 0 Å². The fraction of sp³-hybridized carbons (Fsp3) is 0.269. The van der Waals surface area contributed by atoms with Gasteiger partial charge in [0.25, 0.3) is 0 Å². The Kier molecular flexibility index (Phi) is 7.17. The summed E-state index contributed by atoms with van der Waals surface area (Å²) in [5.74, 6) is -1.07. The van der Waals surface area contributed by atoms with Gasteiger partial charge < -0.3 is 14.5 Å². The van der Waals surface area contributed by atoms with Gasteiger partial charge in [0.05, 0.1) is 30.3 Å². The van der Waals surface area contributed by atoms with Gasteiger partial charge in [-0.3, -0.25) is 4.79 Å². The number of thioether (sulfide) groups is 1. The number of fused-ring (bicyclic) bond motifs is 1. The van der Waals surface area contributed by atoms with Crippen LogP contribution in [-0.4, -0.2) is 40.5 Å². The maximum atomic E-state index is 15.0. The van der Waals surface area contributed by atoms with E-state index in [0.29, 0.717) is 28.7 Å². The minimum Gasteiger partial charge on any atom is -0.463 e. The number of benzene rings is 2. The lowest BCUT2D eigenvalue weighted by Gasteiger charge is -2.36. The van der Waals surface area contributed by atoms with Crippen molar-refractivity contribution in [2.75, 3.05) is 13.7 Å². The molecule has 176 valence electrons. The second-order valence-electron chi connectivity index (χ2n) is 8.05. The standard InChI is InChI=1S/C26H26FN3O3S/c1-4-33-25(32)23-17(2)28-26-30(24(23)20-12-8-9-13-21(20)27)19(16-34-26)14-22(31)29(3)15-18-10-6-5-7-11-18/h5-13,16,24H,4,14-15H2,1-3H3/t24-/m0/s1. The molecule has 2 heterocycles. The third-order valence-electron chi connectivity index (χ3n) is 5.72. The van der Waals surface area contributed by atoms with Crippen molar-refractivity contribution in [1.82, 2.24) is 9.80 Å². The number of allylic oxidation sites excluding steroid dienone is 1. The summed E-state index contributed by atoms with van der Waals surface area (Å²) in [7, 11) is 1.76. The fourth-order valence-corrected chi connectivity index (χ4v) is 5.03. The number of hydrogen-bond donors (Lipinski definition) is 0. The first-order valence-corrected chi connectivity index (χ1v) is 11.9. The first-order valence-electron chi connectivity index (χ1n) is 11.0. The largest absolute Gasteiger partial charge is 0.463 e. The molecule has 0 radical (unpaired) electrons. The quantitative estimate of drug-likeness (QED) is 0.523. The molecule has 0 aromatic heterocycles. The van der Waals surface area contributed by atoms with E-state index in [0.717, 1.165) is 5.56 Å². The van der Waals surface area contributed by atoms with Crippen LogP contribution in [0.25, 0.3) is 0 Å². The van der Waals surface area contributed by atoms with Crippen LogP contribution in [0.3, 0.4) is 0 Å². The summed E-state index contributed by atoms with van der Waals surface area (Å²) in [5, 5.41) is 2.45. The van der Waals surface area contributed by atoms with E-state index >= 15 is 0 Å². The second kappa shape index (κ2) is 10.3. The smallest absolute Gasteiger partial charge is 0.338 e. The summed E-state index contributed by atoms with van der Waals surface area (Å²) in [5.41, 5.74) is 2.77. The van der Waals surface area contributed by atoms with Gasteiger partial charge in [-0.05, 0) is 30.9 Å². The van der Waals surface area contributed by atoms with Crippen molar-refractivity contribution in [3.05, 3.63) is 93.9 Å². The second-order valence-corrected chi connectivity index (χ2v) is 8.88. The van der Waals surface area contributed by atoms with Crippen LogP contribution in [0.4, 0.5) is 4.39 Å². The Bertz CT molecular complexity index is 1190. The van der Waals surface area contributed by atoms with E-state index in [2.05, 4.69) is 4.99 Å². The Labute approximate surface area is 202 Å². The van der Waals surface area contributed by atoms with Crippen molar-refractivity contribution in [2.24, 2.45) is 4.99 Å². The molecule has 0 bridgehead atoms. The van der Waals surface area contributed by atoms with E-state index < -0.39 is 17.8 Å². The number of amidine groups is 1. The summed E-state index contributed by atoms with van der Waals surface area (Å²) in [6.45, 7) is 4.12. The lowest BCUT2D eigenvalue weighted by molar-refractivity contribution is -0.139. The predicted octanol–water partition coefficient (Wildman–Crippen LogP) is 5.01. The molecular formula is C26H26FN3O3S. The highest BCUT2D eigenvalue weighted by Gasteiger charge is 2.42. The third-order valence-corrected chi connectivity index (χ3v) is 6.61. The van der Waals surface area contributed by atoms with E-state index in [1.165, 1.54) is 17.8 Å². The summed E-state index contributed by atoms with van der Waals surface area (Å²) in [4.78, 5) is 34.1. The number of carbonyl (C=O) groups excluding carboxylic acids is 2. The molecule has 0 saturated carbocycles. The lowest BCUT2D eigenvalue weighted by atomic mass is 9.93. The van der Waals surface area contributed by atoms with Gasteiger partial charge in [0.2, 0.25) is 5.91 Å². The highest BCUT2D eigenvalue weighted by molar-refractivity contribution is 8.16. The van der Waals surface area contributed by atoms with E-state index in [1.807, 2.05) is 35.7 Å². The van der Waals surface area contributed by atoms with Crippen LogP contribution in [0.15, 0.2) is 82.0 Å². The maximum Gasteiger partial charge on any atom is 0.338 e. The van der Waals surface area contributed by atoms with Gasteiger partial charge in [-0.25, -0.2) is 14.2 Å². The molecule has 4 rings (SSSR count). The Balaban J connectivity index is 1.65. The lowest BCUT2D eigenvalue weighted by Crippen LogP contribution is -2.38. The molecule has 0 N–H and O–H groups in total. The number of amides is 1. The van der Waals surface area contributed by atoms with Crippen molar-refractivity contribution < 1.29 is 18.7 Å². The molecule has 0 aliphatic carbocycles. The van der Waals surface area contributed by atoms with Crippen molar-refractivity contribution in [3.63, 3.8) is 0 Å². The molecule has 0 fully saturated rings. The zero-order valence-corrected chi connectivity index (χ0v) is 20.1. The zero-order valence-electron chi connectivity index (χ0n) is 19.3. The molecule has 8 heteroatoms. The molecule has 0 spiro atoms. The molecule has 1 atom stereocenters. The number of halogens is 1. The number of hydrogen-bond acceptors (Lipinski definition) is 6. The zero-order chi connectivity index (χ0) is 24.2. The van der Waals surface area contributed by atoms with Gasteiger partial charge in [0.15, 0.2) is 5.17 Å². The average molecular weight is 480 g/mol. The van der Waals surface area contributed by atoms with Crippen LogP contribution in [0, 0.1) is 5.82 Å². The average Bonchev–Trinajstić information content (AvgIpc) is 3.21. The van der Waals surface area contributed by atoms with Gasteiger partial charge in [-0.2, -0.15) is 0 Å². The van der Waals surface area contributed by atoms with E-state index in [9.17, 15) is 14.0 Å². The van der Waals surface area contributed by atoms with Crippen LogP contribution >= 0.6 is 11.8 Å². The minimum absolute atomic E-state index is 0.0896. The summed E-state index contributed by atoms with van der Waals surface area (Å²) < 4.78 is 20.3. The fourth-order valence-electron chi connectivity index (χ4n) is 4.07. The van der Waals surface area contributed by atoms with Gasteiger partial charge in [0.1, 0.15) is 5.82 Å². The number of nitrogens with zero attached hydrogens (tertiary/aromatic N) is 3. The molecule has 6 nitrogen and oxygen atoms in total. The Morgan fingerprint density at radius 3 is 2.56 bits per heavy atom. The minimum atomic E-state index is -0.777. The molecule has 0 unspecified atom stereocenters. The molecule has 0 saturated heterocycles. The predicted molar refractivity (Wildman–Crippen MR) is 131 cm³/mol. The number of aliphatic imine (C=N–C) groups is 1. The Hall–Kier alpha value is -3.39. The Morgan fingerprint density at radius 2 is 1.85 bits per heavy atom. The number of rotatable bonds is 7. The van der Waals surface area contributed by atoms with Crippen molar-refractivity contribution >= 4 is 28.8 Å². The van der Waals surface area contributed by atoms with Crippen LogP contribution in [0.2, 0.25) is 0 Å². The molecule has 2 aromatic carbocycles. The topological polar surface area (TPSA) is 62.2 Å². The highest BCUT2D eigenvalue weighted by atomic mass is 32.2. The normalized spacial score (nSPS) is 17.2. The monoisotopic (exact) mass is 479 g/mol. The number of ether oxygens (including phenoxy) is 1. The van der Waals surface area contributed by atoms with E-state index in [4.69, 9.17) is 4.74 Å².